The predicted molar refractivity (Wildman–Crippen MR) is 207 cm³/mol. The van der Waals surface area contributed by atoms with E-state index in [9.17, 15) is 22.8 Å². The van der Waals surface area contributed by atoms with E-state index in [2.05, 4.69) is 37.8 Å². The minimum atomic E-state index is -3.62. The van der Waals surface area contributed by atoms with Crippen molar-refractivity contribution >= 4 is 50.2 Å². The van der Waals surface area contributed by atoms with Crippen molar-refractivity contribution in [3.05, 3.63) is 53.2 Å². The lowest BCUT2D eigenvalue weighted by atomic mass is 9.86. The molecule has 1 unspecified atom stereocenters. The lowest BCUT2D eigenvalue weighted by Crippen LogP contribution is -2.55. The molecule has 0 aliphatic carbocycles. The van der Waals surface area contributed by atoms with E-state index < -0.39 is 21.5 Å². The van der Waals surface area contributed by atoms with E-state index in [4.69, 9.17) is 9.47 Å². The maximum absolute atomic E-state index is 13.7. The normalized spacial score (nSPS) is 17.1. The molecule has 53 heavy (non-hydrogen) atoms. The van der Waals surface area contributed by atoms with E-state index in [1.54, 1.807) is 23.1 Å². The first-order valence-electron chi connectivity index (χ1n) is 18.1. The van der Waals surface area contributed by atoms with E-state index in [0.717, 1.165) is 28.3 Å². The summed E-state index contributed by atoms with van der Waals surface area (Å²) in [7, 11) is -2.19. The van der Waals surface area contributed by atoms with Crippen molar-refractivity contribution in [1.82, 2.24) is 24.6 Å². The van der Waals surface area contributed by atoms with Gasteiger partial charge in [0.05, 0.1) is 36.8 Å². The molecule has 0 radical (unpaired) electrons. The SMILES string of the molecule is COc1c(NC(=O)c2cc3cccc(C(C)N4CCN(C(=O)CN5CCN(C(=O)OC(C)(C)C)CC5)CC4)c3[nH]2)cc(C(C)(C)C)cc1NS(C)(=O)=O. The number of ether oxygens (including phenoxy) is 2. The monoisotopic (exact) mass is 753 g/mol. The molecule has 2 saturated heterocycles. The Kier molecular flexibility index (Phi) is 11.7. The molecule has 1 aromatic heterocycles. The Balaban J connectivity index is 1.22. The number of benzene rings is 2. The summed E-state index contributed by atoms with van der Waals surface area (Å²) >= 11 is 0. The van der Waals surface area contributed by atoms with Crippen molar-refractivity contribution in [2.24, 2.45) is 0 Å². The molecule has 0 spiro atoms. The van der Waals surface area contributed by atoms with Gasteiger partial charge < -0.3 is 29.6 Å². The number of hydrogen-bond acceptors (Lipinski definition) is 9. The van der Waals surface area contributed by atoms with Gasteiger partial charge >= 0.3 is 6.09 Å². The quantitative estimate of drug-likeness (QED) is 0.278. The van der Waals surface area contributed by atoms with E-state index in [0.29, 0.717) is 70.3 Å². The second-order valence-electron chi connectivity index (χ2n) is 16.0. The van der Waals surface area contributed by atoms with Gasteiger partial charge in [0.2, 0.25) is 15.9 Å². The van der Waals surface area contributed by atoms with Crippen molar-refractivity contribution in [2.75, 3.05) is 82.3 Å². The van der Waals surface area contributed by atoms with Gasteiger partial charge in [0, 0.05) is 63.8 Å². The zero-order chi connectivity index (χ0) is 38.9. The van der Waals surface area contributed by atoms with Gasteiger partial charge in [-0.3, -0.25) is 24.1 Å². The fourth-order valence-electron chi connectivity index (χ4n) is 6.75. The molecule has 1 atom stereocenters. The van der Waals surface area contributed by atoms with E-state index in [-0.39, 0.29) is 34.9 Å². The Labute approximate surface area is 313 Å². The molecule has 0 bridgehead atoms. The highest BCUT2D eigenvalue weighted by Gasteiger charge is 2.30. The average molecular weight is 754 g/mol. The molecule has 0 saturated carbocycles. The number of aromatic nitrogens is 1. The number of rotatable bonds is 9. The van der Waals surface area contributed by atoms with Gasteiger partial charge in [0.15, 0.2) is 5.75 Å². The van der Waals surface area contributed by atoms with Crippen LogP contribution in [-0.2, 0) is 25.0 Å². The number of fused-ring (bicyclic) bond motifs is 1. The molecule has 14 nitrogen and oxygen atoms in total. The Morgan fingerprint density at radius 1 is 0.887 bits per heavy atom. The van der Waals surface area contributed by atoms with Crippen LogP contribution >= 0.6 is 0 Å². The van der Waals surface area contributed by atoms with Gasteiger partial charge in [-0.15, -0.1) is 0 Å². The maximum Gasteiger partial charge on any atom is 0.410 e. The van der Waals surface area contributed by atoms with Crippen LogP contribution in [0.15, 0.2) is 36.4 Å². The number of sulfonamides is 1. The van der Waals surface area contributed by atoms with E-state index in [1.165, 1.54) is 7.11 Å². The summed E-state index contributed by atoms with van der Waals surface area (Å²) in [5.74, 6) is -0.0949. The second kappa shape index (κ2) is 15.6. The lowest BCUT2D eigenvalue weighted by molar-refractivity contribution is -0.134. The van der Waals surface area contributed by atoms with Crippen molar-refractivity contribution < 1.29 is 32.3 Å². The Morgan fingerprint density at radius 2 is 1.51 bits per heavy atom. The zero-order valence-corrected chi connectivity index (χ0v) is 33.3. The molecule has 2 aliphatic rings. The summed E-state index contributed by atoms with van der Waals surface area (Å²) < 4.78 is 37.9. The summed E-state index contributed by atoms with van der Waals surface area (Å²) in [5, 5.41) is 3.83. The summed E-state index contributed by atoms with van der Waals surface area (Å²) in [6.07, 6.45) is 0.753. The first-order valence-corrected chi connectivity index (χ1v) is 20.0. The fourth-order valence-corrected chi connectivity index (χ4v) is 7.30. The largest absolute Gasteiger partial charge is 0.492 e. The summed E-state index contributed by atoms with van der Waals surface area (Å²) in [4.78, 5) is 50.8. The van der Waals surface area contributed by atoms with Crippen LogP contribution in [0.3, 0.4) is 0 Å². The second-order valence-corrected chi connectivity index (χ2v) is 17.8. The fraction of sp³-hybridized carbons (Fsp3) is 0.553. The molecule has 3 aromatic rings. The number of hydrogen-bond donors (Lipinski definition) is 3. The minimum Gasteiger partial charge on any atom is -0.492 e. The number of nitrogens with one attached hydrogen (secondary N) is 3. The number of H-pyrrole nitrogens is 1. The molecular weight excluding hydrogens is 699 g/mol. The van der Waals surface area contributed by atoms with Crippen LogP contribution in [0.25, 0.3) is 10.9 Å². The third-order valence-corrected chi connectivity index (χ3v) is 10.3. The van der Waals surface area contributed by atoms with Gasteiger partial charge in [-0.05, 0) is 62.4 Å². The number of anilines is 2. The smallest absolute Gasteiger partial charge is 0.410 e. The molecule has 2 aliphatic heterocycles. The lowest BCUT2D eigenvalue weighted by Gasteiger charge is -2.40. The van der Waals surface area contributed by atoms with Crippen molar-refractivity contribution in [2.45, 2.75) is 65.5 Å². The first kappa shape index (κ1) is 39.9. The summed E-state index contributed by atoms with van der Waals surface area (Å²) in [6.45, 7) is 19.0. The van der Waals surface area contributed by atoms with Crippen LogP contribution in [0, 0.1) is 0 Å². The standard InChI is InChI=1S/C38H55N7O7S/c1-25(43-17-19-44(20-18-43)32(46)24-42-13-15-45(16-14-42)36(48)52-38(5,6)7)28-12-10-11-26-21-31(39-33(26)28)35(47)40-29-22-27(37(2,3)4)23-30(34(29)51-8)41-53(9,49)50/h10-12,21-23,25,39,41H,13-20,24H2,1-9H3,(H,40,47). The predicted octanol–water partition coefficient (Wildman–Crippen LogP) is 4.86. The average Bonchev–Trinajstić information content (AvgIpc) is 3.51. The van der Waals surface area contributed by atoms with Crippen molar-refractivity contribution in [3.8, 4) is 5.75 Å². The number of nitrogens with zero attached hydrogens (tertiary/aromatic N) is 4. The number of carbonyl (C=O) groups is 3. The number of amides is 3. The molecule has 15 heteroatoms. The minimum absolute atomic E-state index is 0.0135. The molecule has 3 amide bonds. The highest BCUT2D eigenvalue weighted by Crippen LogP contribution is 2.39. The highest BCUT2D eigenvalue weighted by molar-refractivity contribution is 7.92. The molecule has 3 N–H and O–H groups in total. The number of methoxy groups -OCH3 is 1. The highest BCUT2D eigenvalue weighted by atomic mass is 32.2. The Bertz CT molecular complexity index is 1930. The summed E-state index contributed by atoms with van der Waals surface area (Å²) in [5.41, 5.74) is 2.76. The third-order valence-electron chi connectivity index (χ3n) is 9.68. The van der Waals surface area contributed by atoms with Crippen LogP contribution in [-0.4, -0.2) is 129 Å². The molecular formula is C38H55N7O7S. The zero-order valence-electron chi connectivity index (χ0n) is 32.5. The van der Waals surface area contributed by atoms with Crippen molar-refractivity contribution in [1.29, 1.82) is 0 Å². The van der Waals surface area contributed by atoms with E-state index >= 15 is 0 Å². The Morgan fingerprint density at radius 3 is 2.09 bits per heavy atom. The summed E-state index contributed by atoms with van der Waals surface area (Å²) in [6, 6.07) is 11.3. The molecule has 2 aromatic carbocycles. The van der Waals surface area contributed by atoms with Crippen LogP contribution in [0.5, 0.6) is 5.75 Å². The van der Waals surface area contributed by atoms with Crippen LogP contribution in [0.1, 0.15) is 76.1 Å². The van der Waals surface area contributed by atoms with E-state index in [1.807, 2.05) is 58.6 Å². The van der Waals surface area contributed by atoms with Gasteiger partial charge in [0.25, 0.3) is 5.91 Å². The molecule has 290 valence electrons. The van der Waals surface area contributed by atoms with Gasteiger partial charge in [0.1, 0.15) is 11.3 Å². The Hall–Kier alpha value is -4.34. The van der Waals surface area contributed by atoms with Crippen LogP contribution in [0.2, 0.25) is 0 Å². The van der Waals surface area contributed by atoms with Crippen molar-refractivity contribution in [3.63, 3.8) is 0 Å². The number of aromatic amines is 1. The molecule has 2 fully saturated rings. The van der Waals surface area contributed by atoms with Gasteiger partial charge in [-0.2, -0.15) is 0 Å². The van der Waals surface area contributed by atoms with Crippen LogP contribution in [0.4, 0.5) is 16.2 Å². The molecule has 3 heterocycles. The van der Waals surface area contributed by atoms with Gasteiger partial charge in [-0.1, -0.05) is 39.0 Å². The van der Waals surface area contributed by atoms with Crippen LogP contribution < -0.4 is 14.8 Å². The topological polar surface area (TPSA) is 157 Å². The maximum atomic E-state index is 13.7. The first-order chi connectivity index (χ1) is 24.7. The molecule has 5 rings (SSSR count). The van der Waals surface area contributed by atoms with Gasteiger partial charge in [-0.25, -0.2) is 13.2 Å². The number of para-hydroxylation sites is 1. The number of carbonyl (C=O) groups excluding carboxylic acids is 3. The number of piperazine rings is 2. The third kappa shape index (κ3) is 10.0.